The monoisotopic (exact) mass is 783 g/mol. The Kier molecular flexibility index (Phi) is 13.4. The Bertz CT molecular complexity index is 2010. The summed E-state index contributed by atoms with van der Waals surface area (Å²) in [5.74, 6) is -0.0252. The number of amides is 2. The SMILES string of the molecule is COc1ccc(OC)c(N(CC(=O)N(Cc2ccc(Cl)c(Cl)c2)[C@H](Cc2ccccc2)C(=O)NC2CCCC2)S(=O)(=O)c2ccc(OC)c(OC)c2)c1. The van der Waals surface area contributed by atoms with Gasteiger partial charge in [-0.05, 0) is 60.4 Å². The van der Waals surface area contributed by atoms with Crippen LogP contribution in [0.25, 0.3) is 0 Å². The van der Waals surface area contributed by atoms with E-state index in [1.807, 2.05) is 30.3 Å². The number of nitrogens with one attached hydrogen (secondary N) is 1. The molecule has 0 aliphatic heterocycles. The summed E-state index contributed by atoms with van der Waals surface area (Å²) in [6.07, 6.45) is 3.81. The van der Waals surface area contributed by atoms with Crippen LogP contribution in [0.4, 0.5) is 5.69 Å². The number of halogens is 2. The molecule has 11 nitrogen and oxygen atoms in total. The predicted octanol–water partition coefficient (Wildman–Crippen LogP) is 6.92. The second kappa shape index (κ2) is 17.9. The molecule has 0 aromatic heterocycles. The van der Waals surface area contributed by atoms with Crippen molar-refractivity contribution in [2.75, 3.05) is 39.3 Å². The van der Waals surface area contributed by atoms with Crippen LogP contribution in [0.15, 0.2) is 89.8 Å². The van der Waals surface area contributed by atoms with Crippen molar-refractivity contribution in [3.05, 3.63) is 106 Å². The fraction of sp³-hybridized carbons (Fsp3) is 0.333. The Labute approximate surface area is 320 Å². The highest BCUT2D eigenvalue weighted by atomic mass is 35.5. The molecular formula is C39H43Cl2N3O8S. The van der Waals surface area contributed by atoms with Crippen molar-refractivity contribution in [1.29, 1.82) is 0 Å². The summed E-state index contributed by atoms with van der Waals surface area (Å²) in [6.45, 7) is -0.797. The molecule has 0 spiro atoms. The minimum atomic E-state index is -4.53. The first kappa shape index (κ1) is 39.6. The summed E-state index contributed by atoms with van der Waals surface area (Å²) in [4.78, 5) is 30.5. The average molecular weight is 785 g/mol. The topological polar surface area (TPSA) is 124 Å². The zero-order valence-corrected chi connectivity index (χ0v) is 32.3. The quantitative estimate of drug-likeness (QED) is 0.130. The van der Waals surface area contributed by atoms with Crippen molar-refractivity contribution in [1.82, 2.24) is 10.2 Å². The number of rotatable bonds is 16. The van der Waals surface area contributed by atoms with Gasteiger partial charge in [0.05, 0.1) is 49.1 Å². The van der Waals surface area contributed by atoms with Crippen molar-refractivity contribution in [3.8, 4) is 23.0 Å². The molecule has 0 saturated heterocycles. The maximum Gasteiger partial charge on any atom is 0.265 e. The van der Waals surface area contributed by atoms with Gasteiger partial charge in [0.15, 0.2) is 11.5 Å². The highest BCUT2D eigenvalue weighted by molar-refractivity contribution is 7.92. The molecule has 5 rings (SSSR count). The van der Waals surface area contributed by atoms with Crippen molar-refractivity contribution < 1.29 is 37.0 Å². The number of anilines is 1. The van der Waals surface area contributed by atoms with Crippen LogP contribution >= 0.6 is 23.2 Å². The minimum Gasteiger partial charge on any atom is -0.497 e. The molecule has 2 amide bonds. The van der Waals surface area contributed by atoms with Crippen LogP contribution in [0.5, 0.6) is 23.0 Å². The molecule has 4 aromatic rings. The van der Waals surface area contributed by atoms with E-state index in [1.165, 1.54) is 57.6 Å². The number of nitrogens with zero attached hydrogens (tertiary/aromatic N) is 2. The molecule has 53 heavy (non-hydrogen) atoms. The lowest BCUT2D eigenvalue weighted by atomic mass is 10.0. The smallest absolute Gasteiger partial charge is 0.265 e. The molecule has 282 valence electrons. The maximum atomic E-state index is 15.0. The van der Waals surface area contributed by atoms with E-state index in [-0.39, 0.29) is 52.0 Å². The highest BCUT2D eigenvalue weighted by Gasteiger charge is 2.37. The summed E-state index contributed by atoms with van der Waals surface area (Å²) in [5, 5.41) is 3.76. The van der Waals surface area contributed by atoms with Gasteiger partial charge in [-0.15, -0.1) is 0 Å². The summed E-state index contributed by atoms with van der Waals surface area (Å²) in [5.41, 5.74) is 1.45. The van der Waals surface area contributed by atoms with E-state index in [4.69, 9.17) is 42.1 Å². The first-order valence-corrected chi connectivity index (χ1v) is 19.2. The van der Waals surface area contributed by atoms with E-state index in [2.05, 4.69) is 5.32 Å². The molecular weight excluding hydrogens is 741 g/mol. The van der Waals surface area contributed by atoms with E-state index in [9.17, 15) is 18.0 Å². The third-order valence-electron chi connectivity index (χ3n) is 9.19. The van der Waals surface area contributed by atoms with Crippen LogP contribution in [0.1, 0.15) is 36.8 Å². The second-order valence-corrected chi connectivity index (χ2v) is 15.2. The maximum absolute atomic E-state index is 15.0. The van der Waals surface area contributed by atoms with Gasteiger partial charge < -0.3 is 29.2 Å². The van der Waals surface area contributed by atoms with Gasteiger partial charge in [-0.25, -0.2) is 8.42 Å². The average Bonchev–Trinajstić information content (AvgIpc) is 3.69. The van der Waals surface area contributed by atoms with E-state index >= 15 is 0 Å². The van der Waals surface area contributed by atoms with Crippen molar-refractivity contribution in [2.24, 2.45) is 0 Å². The Morgan fingerprint density at radius 1 is 0.774 bits per heavy atom. The Morgan fingerprint density at radius 3 is 2.09 bits per heavy atom. The van der Waals surface area contributed by atoms with Gasteiger partial charge in [0, 0.05) is 31.1 Å². The van der Waals surface area contributed by atoms with Gasteiger partial charge in [0.25, 0.3) is 10.0 Å². The molecule has 1 atom stereocenters. The standard InChI is InChI=1S/C39H43Cl2N3O8S/c1-49-29-15-18-35(50-2)33(22-29)44(53(47,48)30-16-19-36(51-3)37(23-30)52-4)25-38(45)43(24-27-14-17-31(40)32(41)20-27)34(21-26-10-6-5-7-11-26)39(46)42-28-12-8-9-13-28/h5-7,10-11,14-20,22-23,28,34H,8-9,12-13,21,24-25H2,1-4H3,(H,42,46)/t34-/m1/s1. The molecule has 1 aliphatic carbocycles. The third-order valence-corrected chi connectivity index (χ3v) is 11.7. The molecule has 0 unspecified atom stereocenters. The van der Waals surface area contributed by atoms with Crippen LogP contribution in [0.3, 0.4) is 0 Å². The van der Waals surface area contributed by atoms with Crippen molar-refractivity contribution >= 4 is 50.7 Å². The number of sulfonamides is 1. The van der Waals surface area contributed by atoms with Crippen LogP contribution < -0.4 is 28.6 Å². The lowest BCUT2D eigenvalue weighted by molar-refractivity contribution is -0.140. The number of carbonyl (C=O) groups is 2. The molecule has 0 heterocycles. The number of carbonyl (C=O) groups excluding carboxylic acids is 2. The molecule has 4 aromatic carbocycles. The molecule has 0 radical (unpaired) electrons. The Hall–Kier alpha value is -4.65. The summed E-state index contributed by atoms with van der Waals surface area (Å²) < 4.78 is 52.3. The van der Waals surface area contributed by atoms with Gasteiger partial charge in [0.2, 0.25) is 11.8 Å². The lowest BCUT2D eigenvalue weighted by Crippen LogP contribution is -2.54. The highest BCUT2D eigenvalue weighted by Crippen LogP contribution is 2.38. The van der Waals surface area contributed by atoms with Gasteiger partial charge in [-0.2, -0.15) is 0 Å². The van der Waals surface area contributed by atoms with Crippen LogP contribution in [0.2, 0.25) is 10.0 Å². The largest absolute Gasteiger partial charge is 0.497 e. The van der Waals surface area contributed by atoms with Crippen LogP contribution in [0, 0.1) is 0 Å². The van der Waals surface area contributed by atoms with Gasteiger partial charge in [0.1, 0.15) is 24.1 Å². The van der Waals surface area contributed by atoms with Gasteiger partial charge in [-0.3, -0.25) is 13.9 Å². The minimum absolute atomic E-state index is 0.0364. The van der Waals surface area contributed by atoms with E-state index in [1.54, 1.807) is 30.3 Å². The zero-order valence-electron chi connectivity index (χ0n) is 30.0. The number of hydrogen-bond acceptors (Lipinski definition) is 8. The fourth-order valence-electron chi connectivity index (χ4n) is 6.37. The number of ether oxygens (including phenoxy) is 4. The van der Waals surface area contributed by atoms with Crippen molar-refractivity contribution in [3.63, 3.8) is 0 Å². The fourth-order valence-corrected chi connectivity index (χ4v) is 8.12. The molecule has 1 saturated carbocycles. The molecule has 1 N–H and O–H groups in total. The van der Waals surface area contributed by atoms with Gasteiger partial charge >= 0.3 is 0 Å². The molecule has 0 bridgehead atoms. The third kappa shape index (κ3) is 9.48. The molecule has 1 aliphatic rings. The summed E-state index contributed by atoms with van der Waals surface area (Å²) >= 11 is 12.7. The van der Waals surface area contributed by atoms with Crippen LogP contribution in [-0.4, -0.2) is 72.2 Å². The second-order valence-electron chi connectivity index (χ2n) is 12.5. The number of hydrogen-bond donors (Lipinski definition) is 1. The summed E-state index contributed by atoms with van der Waals surface area (Å²) in [7, 11) is 1.14. The number of methoxy groups -OCH3 is 4. The zero-order chi connectivity index (χ0) is 38.1. The van der Waals surface area contributed by atoms with E-state index in [0.29, 0.717) is 22.1 Å². The lowest BCUT2D eigenvalue weighted by Gasteiger charge is -2.34. The van der Waals surface area contributed by atoms with E-state index < -0.39 is 28.5 Å². The molecule has 14 heteroatoms. The Balaban J connectivity index is 1.65. The van der Waals surface area contributed by atoms with Crippen molar-refractivity contribution in [2.45, 2.75) is 55.6 Å². The predicted molar refractivity (Wildman–Crippen MR) is 205 cm³/mol. The Morgan fingerprint density at radius 2 is 1.45 bits per heavy atom. The van der Waals surface area contributed by atoms with Gasteiger partial charge in [-0.1, -0.05) is 72.4 Å². The summed E-state index contributed by atoms with van der Waals surface area (Å²) in [6, 6.07) is 22.0. The van der Waals surface area contributed by atoms with Crippen LogP contribution in [-0.2, 0) is 32.6 Å². The van der Waals surface area contributed by atoms with E-state index in [0.717, 1.165) is 35.6 Å². The normalized spacial score (nSPS) is 13.5. The molecule has 1 fully saturated rings. The first-order valence-electron chi connectivity index (χ1n) is 17.0. The first-order chi connectivity index (χ1) is 25.5. The number of benzene rings is 4.